The fourth-order valence-corrected chi connectivity index (χ4v) is 2.47. The first kappa shape index (κ1) is 22.7. The summed E-state index contributed by atoms with van der Waals surface area (Å²) in [5, 5.41) is 0. The Kier molecular flexibility index (Phi) is 13.3. The van der Waals surface area contributed by atoms with E-state index in [1.807, 2.05) is 24.3 Å². The zero-order chi connectivity index (χ0) is 19.6. The van der Waals surface area contributed by atoms with Crippen LogP contribution in [0, 0.1) is 5.92 Å². The van der Waals surface area contributed by atoms with E-state index in [1.54, 1.807) is 0 Å². The molecule has 1 aromatic rings. The van der Waals surface area contributed by atoms with Crippen molar-refractivity contribution in [3.05, 3.63) is 78.4 Å². The molecule has 0 aliphatic rings. The number of benzene rings is 1. The third-order valence-electron chi connectivity index (χ3n) is 4.13. The predicted octanol–water partition coefficient (Wildman–Crippen LogP) is 6.64. The van der Waals surface area contributed by atoms with Gasteiger partial charge in [0.25, 0.3) is 0 Å². The summed E-state index contributed by atoms with van der Waals surface area (Å²) < 4.78 is 5.80. The zero-order valence-corrected chi connectivity index (χ0v) is 16.8. The largest absolute Gasteiger partial charge is 0.494 e. The summed E-state index contributed by atoms with van der Waals surface area (Å²) in [7, 11) is 0. The minimum atomic E-state index is 0.477. The highest BCUT2D eigenvalue weighted by atomic mass is 16.5. The fourth-order valence-electron chi connectivity index (χ4n) is 2.47. The van der Waals surface area contributed by atoms with E-state index in [0.717, 1.165) is 44.1 Å². The standard InChI is InChI=1S/C25H34O2/c1-3-4-5-6-7-8-9-10-11-12-14-23(2)20-22-27-25-18-16-24(17-19-25)15-13-21-26/h4-5,8-12,14,16-19,21,23H,3,6-7,13,15,20,22H2,1-2H3/b5-4-,9-8+,11-10-,14-12+. The van der Waals surface area contributed by atoms with E-state index in [9.17, 15) is 4.79 Å². The Bertz CT molecular complexity index is 606. The summed E-state index contributed by atoms with van der Waals surface area (Å²) >= 11 is 0. The van der Waals surface area contributed by atoms with Crippen LogP contribution in [0.5, 0.6) is 5.75 Å². The highest BCUT2D eigenvalue weighted by Gasteiger charge is 1.99. The normalized spacial score (nSPS) is 13.3. The SMILES string of the molecule is CC/C=C\CC/C=C/C=C\C=C\C(C)CCOc1ccc(CCC=O)cc1. The molecule has 1 aromatic carbocycles. The number of carbonyl (C=O) groups is 1. The summed E-state index contributed by atoms with van der Waals surface area (Å²) in [5.74, 6) is 1.37. The highest BCUT2D eigenvalue weighted by molar-refractivity contribution is 5.50. The van der Waals surface area contributed by atoms with Gasteiger partial charge in [-0.25, -0.2) is 0 Å². The molecule has 0 saturated carbocycles. The Balaban J connectivity index is 2.17. The monoisotopic (exact) mass is 366 g/mol. The lowest BCUT2D eigenvalue weighted by atomic mass is 10.1. The summed E-state index contributed by atoms with van der Waals surface area (Å²) in [6, 6.07) is 8.02. The molecule has 27 heavy (non-hydrogen) atoms. The molecule has 0 aliphatic carbocycles. The van der Waals surface area contributed by atoms with Gasteiger partial charge in [0.15, 0.2) is 0 Å². The average Bonchev–Trinajstić information content (AvgIpc) is 2.69. The Labute approximate surface area is 165 Å². The van der Waals surface area contributed by atoms with Crippen LogP contribution in [0.15, 0.2) is 72.9 Å². The minimum absolute atomic E-state index is 0.477. The molecular weight excluding hydrogens is 332 g/mol. The van der Waals surface area contributed by atoms with Crippen LogP contribution in [-0.4, -0.2) is 12.9 Å². The van der Waals surface area contributed by atoms with Crippen LogP contribution in [0.4, 0.5) is 0 Å². The number of carbonyl (C=O) groups excluding carboxylic acids is 1. The van der Waals surface area contributed by atoms with E-state index < -0.39 is 0 Å². The van der Waals surface area contributed by atoms with Crippen LogP contribution in [0.1, 0.15) is 51.5 Å². The van der Waals surface area contributed by atoms with Crippen LogP contribution in [0.25, 0.3) is 0 Å². The number of ether oxygens (including phenoxy) is 1. The molecule has 2 heteroatoms. The second-order valence-corrected chi connectivity index (χ2v) is 6.62. The molecule has 1 unspecified atom stereocenters. The van der Waals surface area contributed by atoms with E-state index >= 15 is 0 Å². The lowest BCUT2D eigenvalue weighted by molar-refractivity contribution is -0.107. The molecule has 0 N–H and O–H groups in total. The van der Waals surface area contributed by atoms with Crippen molar-refractivity contribution >= 4 is 6.29 Å². The summed E-state index contributed by atoms with van der Waals surface area (Å²) in [4.78, 5) is 10.4. The van der Waals surface area contributed by atoms with Crippen LogP contribution >= 0.6 is 0 Å². The zero-order valence-electron chi connectivity index (χ0n) is 16.8. The maximum absolute atomic E-state index is 10.4. The van der Waals surface area contributed by atoms with Crippen molar-refractivity contribution in [2.24, 2.45) is 5.92 Å². The van der Waals surface area contributed by atoms with Gasteiger partial charge >= 0.3 is 0 Å². The second kappa shape index (κ2) is 15.9. The number of unbranched alkanes of at least 4 members (excludes halogenated alkanes) is 1. The van der Waals surface area contributed by atoms with Gasteiger partial charge in [0, 0.05) is 6.42 Å². The van der Waals surface area contributed by atoms with E-state index in [0.29, 0.717) is 18.9 Å². The van der Waals surface area contributed by atoms with Gasteiger partial charge in [-0.2, -0.15) is 0 Å². The first-order valence-corrected chi connectivity index (χ1v) is 10.1. The van der Waals surface area contributed by atoms with Crippen LogP contribution in [-0.2, 0) is 11.2 Å². The Morgan fingerprint density at radius 2 is 1.67 bits per heavy atom. The van der Waals surface area contributed by atoms with Crippen molar-refractivity contribution < 1.29 is 9.53 Å². The molecule has 146 valence electrons. The average molecular weight is 367 g/mol. The Morgan fingerprint density at radius 1 is 0.926 bits per heavy atom. The van der Waals surface area contributed by atoms with E-state index in [-0.39, 0.29) is 0 Å². The number of aryl methyl sites for hydroxylation is 1. The van der Waals surface area contributed by atoms with Gasteiger partial charge in [0.1, 0.15) is 12.0 Å². The maximum Gasteiger partial charge on any atom is 0.120 e. The van der Waals surface area contributed by atoms with Crippen molar-refractivity contribution in [1.29, 1.82) is 0 Å². The van der Waals surface area contributed by atoms with Gasteiger partial charge in [-0.05, 0) is 55.7 Å². The highest BCUT2D eigenvalue weighted by Crippen LogP contribution is 2.14. The second-order valence-electron chi connectivity index (χ2n) is 6.62. The number of hydrogen-bond acceptors (Lipinski definition) is 2. The maximum atomic E-state index is 10.4. The molecule has 0 radical (unpaired) electrons. The van der Waals surface area contributed by atoms with Gasteiger partial charge < -0.3 is 9.53 Å². The summed E-state index contributed by atoms with van der Waals surface area (Å²) in [6.45, 7) is 5.06. The lowest BCUT2D eigenvalue weighted by Crippen LogP contribution is -2.02. The van der Waals surface area contributed by atoms with Gasteiger partial charge in [0.2, 0.25) is 0 Å². The fraction of sp³-hybridized carbons (Fsp3) is 0.400. The number of hydrogen-bond donors (Lipinski definition) is 0. The first-order valence-electron chi connectivity index (χ1n) is 10.1. The molecule has 0 heterocycles. The summed E-state index contributed by atoms with van der Waals surface area (Å²) in [5.41, 5.74) is 1.17. The number of aldehydes is 1. The van der Waals surface area contributed by atoms with Crippen LogP contribution in [0.3, 0.4) is 0 Å². The van der Waals surface area contributed by atoms with E-state index in [4.69, 9.17) is 4.74 Å². The molecule has 1 atom stereocenters. The molecule has 2 nitrogen and oxygen atoms in total. The molecule has 0 aliphatic heterocycles. The quantitative estimate of drug-likeness (QED) is 0.160. The molecular formula is C25H34O2. The van der Waals surface area contributed by atoms with Gasteiger partial charge in [0.05, 0.1) is 6.61 Å². The van der Waals surface area contributed by atoms with E-state index in [1.165, 1.54) is 5.56 Å². The van der Waals surface area contributed by atoms with E-state index in [2.05, 4.69) is 62.5 Å². The molecule has 0 aromatic heterocycles. The Morgan fingerprint density at radius 3 is 2.41 bits per heavy atom. The summed E-state index contributed by atoms with van der Waals surface area (Å²) in [6.07, 6.45) is 23.9. The van der Waals surface area contributed by atoms with Crippen LogP contribution in [0.2, 0.25) is 0 Å². The topological polar surface area (TPSA) is 26.3 Å². The smallest absolute Gasteiger partial charge is 0.120 e. The van der Waals surface area contributed by atoms with Crippen molar-refractivity contribution in [2.45, 2.75) is 52.4 Å². The molecule has 0 fully saturated rings. The molecule has 0 bridgehead atoms. The van der Waals surface area contributed by atoms with Gasteiger partial charge in [-0.1, -0.05) is 74.6 Å². The third-order valence-corrected chi connectivity index (χ3v) is 4.13. The molecule has 1 rings (SSSR count). The molecule has 0 spiro atoms. The third kappa shape index (κ3) is 12.6. The van der Waals surface area contributed by atoms with Crippen molar-refractivity contribution in [2.75, 3.05) is 6.61 Å². The minimum Gasteiger partial charge on any atom is -0.494 e. The van der Waals surface area contributed by atoms with Gasteiger partial charge in [-0.3, -0.25) is 0 Å². The Hall–Kier alpha value is -2.35. The number of allylic oxidation sites excluding steroid dienone is 8. The van der Waals surface area contributed by atoms with Crippen molar-refractivity contribution in [3.63, 3.8) is 0 Å². The number of rotatable bonds is 14. The van der Waals surface area contributed by atoms with Gasteiger partial charge in [-0.15, -0.1) is 0 Å². The van der Waals surface area contributed by atoms with Crippen molar-refractivity contribution in [1.82, 2.24) is 0 Å². The molecule has 0 amide bonds. The van der Waals surface area contributed by atoms with Crippen LogP contribution < -0.4 is 4.74 Å². The first-order chi connectivity index (χ1) is 13.3. The lowest BCUT2D eigenvalue weighted by Gasteiger charge is -2.09. The predicted molar refractivity (Wildman–Crippen MR) is 116 cm³/mol. The molecule has 0 saturated heterocycles. The van der Waals surface area contributed by atoms with Crippen molar-refractivity contribution in [3.8, 4) is 5.75 Å².